The lowest BCUT2D eigenvalue weighted by Crippen LogP contribution is -2.39. The van der Waals surface area contributed by atoms with Gasteiger partial charge >= 0.3 is 0 Å². The van der Waals surface area contributed by atoms with Crippen LogP contribution in [0.1, 0.15) is 16.1 Å². The molecule has 1 aliphatic rings. The molecule has 0 atom stereocenters. The Kier molecular flexibility index (Phi) is 3.00. The summed E-state index contributed by atoms with van der Waals surface area (Å²) < 4.78 is 0. The first-order valence-electron chi connectivity index (χ1n) is 8.28. The molecule has 5 heteroatoms. The van der Waals surface area contributed by atoms with Gasteiger partial charge in [0.15, 0.2) is 0 Å². The van der Waals surface area contributed by atoms with Crippen molar-refractivity contribution in [2.24, 2.45) is 0 Å². The Balaban J connectivity index is 1.58. The van der Waals surface area contributed by atoms with E-state index in [0.29, 0.717) is 18.8 Å². The molecule has 5 nitrogen and oxygen atoms in total. The summed E-state index contributed by atoms with van der Waals surface area (Å²) in [6, 6.07) is 17.8. The average Bonchev–Trinajstić information content (AvgIpc) is 3.15. The van der Waals surface area contributed by atoms with Crippen molar-refractivity contribution < 1.29 is 4.79 Å². The van der Waals surface area contributed by atoms with Crippen LogP contribution in [0, 0.1) is 0 Å². The highest BCUT2D eigenvalue weighted by molar-refractivity contribution is 6.06. The molecule has 0 unspecified atom stereocenters. The highest BCUT2D eigenvalue weighted by Crippen LogP contribution is 2.28. The van der Waals surface area contributed by atoms with Gasteiger partial charge in [-0.15, -0.1) is 0 Å². The van der Waals surface area contributed by atoms with Crippen molar-refractivity contribution in [3.05, 3.63) is 72.1 Å². The number of nitrogens with zero attached hydrogens (tertiary/aromatic N) is 2. The molecule has 3 heterocycles. The lowest BCUT2D eigenvalue weighted by molar-refractivity contribution is 0.0745. The van der Waals surface area contributed by atoms with Crippen molar-refractivity contribution in [2.45, 2.75) is 6.54 Å². The van der Waals surface area contributed by atoms with Crippen LogP contribution < -0.4 is 5.32 Å². The standard InChI is InChI=1S/C20H16N4O/c25-20-15-6-2-3-7-16(15)22-12-24(20)11-18-19-14(9-10-21-19)13-5-1-4-8-17(13)23-18/h1-10,21-22H,11-12H2. The number of carbonyl (C=O) groups is 1. The van der Waals surface area contributed by atoms with Gasteiger partial charge in [0.2, 0.25) is 0 Å². The first-order valence-corrected chi connectivity index (χ1v) is 8.28. The molecule has 0 radical (unpaired) electrons. The molecular formula is C20H16N4O. The fourth-order valence-electron chi connectivity index (χ4n) is 3.50. The Morgan fingerprint density at radius 1 is 1.00 bits per heavy atom. The number of aromatic amines is 1. The van der Waals surface area contributed by atoms with Crippen LogP contribution in [0.2, 0.25) is 0 Å². The van der Waals surface area contributed by atoms with Crippen LogP contribution in [0.25, 0.3) is 21.8 Å². The maximum absolute atomic E-state index is 12.8. The predicted octanol–water partition coefficient (Wildman–Crippen LogP) is 3.74. The van der Waals surface area contributed by atoms with E-state index < -0.39 is 0 Å². The maximum atomic E-state index is 12.8. The number of benzene rings is 2. The zero-order valence-electron chi connectivity index (χ0n) is 13.5. The van der Waals surface area contributed by atoms with Crippen molar-refractivity contribution in [2.75, 3.05) is 12.0 Å². The molecule has 1 aliphatic heterocycles. The first-order chi connectivity index (χ1) is 12.3. The molecule has 2 aromatic carbocycles. The number of hydrogen-bond donors (Lipinski definition) is 2. The smallest absolute Gasteiger partial charge is 0.257 e. The highest BCUT2D eigenvalue weighted by Gasteiger charge is 2.24. The number of hydrogen-bond acceptors (Lipinski definition) is 3. The van der Waals surface area contributed by atoms with E-state index in [4.69, 9.17) is 4.98 Å². The summed E-state index contributed by atoms with van der Waals surface area (Å²) in [5.41, 5.74) is 4.42. The summed E-state index contributed by atoms with van der Waals surface area (Å²) in [7, 11) is 0. The van der Waals surface area contributed by atoms with E-state index in [1.165, 1.54) is 0 Å². The number of carbonyl (C=O) groups excluding carboxylic acids is 1. The summed E-state index contributed by atoms with van der Waals surface area (Å²) in [6.07, 6.45) is 1.92. The molecule has 0 saturated carbocycles. The molecule has 122 valence electrons. The number of fused-ring (bicyclic) bond motifs is 4. The van der Waals surface area contributed by atoms with E-state index in [-0.39, 0.29) is 5.91 Å². The van der Waals surface area contributed by atoms with E-state index in [2.05, 4.69) is 22.4 Å². The van der Waals surface area contributed by atoms with Gasteiger partial charge in [-0.25, -0.2) is 4.98 Å². The number of nitrogens with one attached hydrogen (secondary N) is 2. The molecule has 0 fully saturated rings. The third-order valence-electron chi connectivity index (χ3n) is 4.73. The lowest BCUT2D eigenvalue weighted by atomic mass is 10.1. The Hall–Kier alpha value is -3.34. The quantitative estimate of drug-likeness (QED) is 0.589. The zero-order chi connectivity index (χ0) is 16.8. The third-order valence-corrected chi connectivity index (χ3v) is 4.73. The lowest BCUT2D eigenvalue weighted by Gasteiger charge is -2.29. The van der Waals surface area contributed by atoms with Gasteiger partial charge in [-0.05, 0) is 24.3 Å². The summed E-state index contributed by atoms with van der Waals surface area (Å²) in [5.74, 6) is 0.0315. The second-order valence-electron chi connectivity index (χ2n) is 6.23. The number of pyridine rings is 1. The topological polar surface area (TPSA) is 61.0 Å². The number of H-pyrrole nitrogens is 1. The summed E-state index contributed by atoms with van der Waals surface area (Å²) in [6.45, 7) is 0.939. The minimum atomic E-state index is 0.0315. The van der Waals surface area contributed by atoms with Crippen LogP contribution in [0.4, 0.5) is 5.69 Å². The van der Waals surface area contributed by atoms with Crippen LogP contribution in [0.5, 0.6) is 0 Å². The minimum Gasteiger partial charge on any atom is -0.367 e. The highest BCUT2D eigenvalue weighted by atomic mass is 16.2. The van der Waals surface area contributed by atoms with Gasteiger partial charge in [-0.3, -0.25) is 4.79 Å². The molecule has 0 saturated heterocycles. The predicted molar refractivity (Wildman–Crippen MR) is 98.4 cm³/mol. The Morgan fingerprint density at radius 2 is 1.84 bits per heavy atom. The molecule has 5 rings (SSSR count). The van der Waals surface area contributed by atoms with Gasteiger partial charge in [0, 0.05) is 22.7 Å². The monoisotopic (exact) mass is 328 g/mol. The first kappa shape index (κ1) is 14.0. The van der Waals surface area contributed by atoms with Gasteiger partial charge in [-0.1, -0.05) is 30.3 Å². The summed E-state index contributed by atoms with van der Waals surface area (Å²) in [5, 5.41) is 5.57. The summed E-state index contributed by atoms with van der Waals surface area (Å²) >= 11 is 0. The van der Waals surface area contributed by atoms with Crippen LogP contribution in [-0.2, 0) is 6.54 Å². The average molecular weight is 328 g/mol. The summed E-state index contributed by atoms with van der Waals surface area (Å²) in [4.78, 5) is 22.7. The number of aromatic nitrogens is 2. The fourth-order valence-corrected chi connectivity index (χ4v) is 3.50. The molecular weight excluding hydrogens is 312 g/mol. The number of para-hydroxylation sites is 2. The molecule has 2 aromatic heterocycles. The van der Waals surface area contributed by atoms with Gasteiger partial charge in [0.05, 0.1) is 35.5 Å². The van der Waals surface area contributed by atoms with E-state index in [1.807, 2.05) is 48.7 Å². The van der Waals surface area contributed by atoms with Crippen LogP contribution in [0.15, 0.2) is 60.8 Å². The molecule has 2 N–H and O–H groups in total. The van der Waals surface area contributed by atoms with Gasteiger partial charge < -0.3 is 15.2 Å². The van der Waals surface area contributed by atoms with Crippen molar-refractivity contribution >= 4 is 33.4 Å². The van der Waals surface area contributed by atoms with E-state index in [0.717, 1.165) is 33.2 Å². The second kappa shape index (κ2) is 5.34. The molecule has 1 amide bonds. The normalized spacial score (nSPS) is 13.9. The van der Waals surface area contributed by atoms with Gasteiger partial charge in [0.25, 0.3) is 5.91 Å². The molecule has 25 heavy (non-hydrogen) atoms. The molecule has 0 bridgehead atoms. The van der Waals surface area contributed by atoms with Crippen LogP contribution >= 0.6 is 0 Å². The molecule has 4 aromatic rings. The Morgan fingerprint density at radius 3 is 2.80 bits per heavy atom. The van der Waals surface area contributed by atoms with Crippen molar-refractivity contribution in [3.63, 3.8) is 0 Å². The van der Waals surface area contributed by atoms with Crippen molar-refractivity contribution in [1.29, 1.82) is 0 Å². The number of amides is 1. The van der Waals surface area contributed by atoms with Crippen LogP contribution in [0.3, 0.4) is 0 Å². The van der Waals surface area contributed by atoms with Crippen molar-refractivity contribution in [1.82, 2.24) is 14.9 Å². The van der Waals surface area contributed by atoms with E-state index >= 15 is 0 Å². The van der Waals surface area contributed by atoms with Crippen LogP contribution in [-0.4, -0.2) is 27.4 Å². The SMILES string of the molecule is O=C1c2ccccc2NCN1Cc1nc2ccccc2c2cc[nH]c12. The molecule has 0 aliphatic carbocycles. The Labute approximate surface area is 144 Å². The van der Waals surface area contributed by atoms with E-state index in [9.17, 15) is 4.79 Å². The van der Waals surface area contributed by atoms with Gasteiger partial charge in [0.1, 0.15) is 0 Å². The maximum Gasteiger partial charge on any atom is 0.257 e. The largest absolute Gasteiger partial charge is 0.367 e. The second-order valence-corrected chi connectivity index (χ2v) is 6.23. The van der Waals surface area contributed by atoms with E-state index in [1.54, 1.807) is 4.90 Å². The molecule has 0 spiro atoms. The van der Waals surface area contributed by atoms with Crippen molar-refractivity contribution in [3.8, 4) is 0 Å². The fraction of sp³-hybridized carbons (Fsp3) is 0.100. The number of rotatable bonds is 2. The zero-order valence-corrected chi connectivity index (χ0v) is 13.5. The van der Waals surface area contributed by atoms with Gasteiger partial charge in [-0.2, -0.15) is 0 Å². The number of anilines is 1. The third kappa shape index (κ3) is 2.16. The Bertz CT molecular complexity index is 1120. The minimum absolute atomic E-state index is 0.0315.